The van der Waals surface area contributed by atoms with Gasteiger partial charge in [0.1, 0.15) is 5.82 Å². The van der Waals surface area contributed by atoms with E-state index in [0.29, 0.717) is 17.4 Å². The molecule has 0 amide bonds. The second-order valence-corrected chi connectivity index (χ2v) is 11.3. The van der Waals surface area contributed by atoms with Gasteiger partial charge in [-0.05, 0) is 66.1 Å². The summed E-state index contributed by atoms with van der Waals surface area (Å²) in [5.74, 6) is 2.39. The van der Waals surface area contributed by atoms with Crippen LogP contribution in [-0.2, 0) is 26.8 Å². The molecule has 1 atom stereocenters. The average Bonchev–Trinajstić information content (AvgIpc) is 3.61. The Bertz CT molecular complexity index is 2110. The van der Waals surface area contributed by atoms with Gasteiger partial charge in [-0.15, -0.1) is 35.7 Å². The van der Waals surface area contributed by atoms with Gasteiger partial charge >= 0.3 is 20.4 Å². The molecule has 3 aromatic heterocycles. The molecular weight excluding hydrogens is 647 g/mol. The van der Waals surface area contributed by atoms with Crippen LogP contribution in [0.1, 0.15) is 50.1 Å². The van der Waals surface area contributed by atoms with Gasteiger partial charge in [0.25, 0.3) is 0 Å². The molecule has 0 spiro atoms. The van der Waals surface area contributed by atoms with Crippen molar-refractivity contribution >= 4 is 21.8 Å². The van der Waals surface area contributed by atoms with Crippen molar-refractivity contribution < 1.29 is 25.2 Å². The van der Waals surface area contributed by atoms with E-state index in [1.54, 1.807) is 0 Å². The molecule has 226 valence electrons. The van der Waals surface area contributed by atoms with Gasteiger partial charge in [0.2, 0.25) is 0 Å². The minimum Gasteiger partial charge on any atom is -0.509 e. The maximum Gasteiger partial charge on any atom is 2.00 e. The molecule has 5 nitrogen and oxygen atoms in total. The van der Waals surface area contributed by atoms with Crippen LogP contribution < -0.4 is 4.74 Å². The van der Waals surface area contributed by atoms with Crippen LogP contribution >= 0.6 is 0 Å². The first kappa shape index (κ1) is 30.5. The van der Waals surface area contributed by atoms with Crippen molar-refractivity contribution in [2.45, 2.75) is 46.5 Å². The molecule has 0 aliphatic carbocycles. The standard InChI is InChI=1S/C39H34N4O.Pd/c1-5-27(4)39-38(28-13-8-7-9-14-28)34(6-2)41-43(39)29-15-12-16-30(24-29)44-31-19-20-33-32-17-10-11-18-35(32)42(36(33)25-31)37-23-26(3)21-22-40-37;/h7-23,27H,5-6H2,1-4H3;/q-2;+2. The van der Waals surface area contributed by atoms with Crippen LogP contribution in [0.25, 0.3) is 44.4 Å². The van der Waals surface area contributed by atoms with E-state index in [2.05, 4.69) is 116 Å². The van der Waals surface area contributed by atoms with E-state index in [1.165, 1.54) is 16.8 Å². The maximum atomic E-state index is 6.45. The Labute approximate surface area is 278 Å². The van der Waals surface area contributed by atoms with Gasteiger partial charge in [0.15, 0.2) is 0 Å². The van der Waals surface area contributed by atoms with Crippen molar-refractivity contribution in [3.8, 4) is 34.1 Å². The van der Waals surface area contributed by atoms with Crippen LogP contribution in [-0.4, -0.2) is 19.3 Å². The molecule has 45 heavy (non-hydrogen) atoms. The van der Waals surface area contributed by atoms with Crippen LogP contribution in [0, 0.1) is 19.1 Å². The third kappa shape index (κ3) is 5.61. The number of para-hydroxylation sites is 1. The minimum atomic E-state index is 0. The van der Waals surface area contributed by atoms with E-state index in [9.17, 15) is 0 Å². The first-order valence-electron chi connectivity index (χ1n) is 15.3. The molecule has 6 heteroatoms. The normalized spacial score (nSPS) is 11.9. The van der Waals surface area contributed by atoms with Gasteiger partial charge in [0, 0.05) is 28.8 Å². The molecule has 0 bridgehead atoms. The summed E-state index contributed by atoms with van der Waals surface area (Å²) in [7, 11) is 0. The third-order valence-corrected chi connectivity index (χ3v) is 8.36. The van der Waals surface area contributed by atoms with Gasteiger partial charge in [-0.3, -0.25) is 4.68 Å². The average molecular weight is 681 g/mol. The number of pyridine rings is 1. The number of ether oxygens (including phenoxy) is 1. The Morgan fingerprint density at radius 3 is 2.38 bits per heavy atom. The second-order valence-electron chi connectivity index (χ2n) is 11.3. The van der Waals surface area contributed by atoms with Crippen LogP contribution in [0.4, 0.5) is 0 Å². The van der Waals surface area contributed by atoms with E-state index >= 15 is 0 Å². The van der Waals surface area contributed by atoms with Crippen molar-refractivity contribution in [3.63, 3.8) is 0 Å². The second kappa shape index (κ2) is 12.9. The number of aryl methyl sites for hydroxylation is 2. The van der Waals surface area contributed by atoms with Crippen LogP contribution in [0.2, 0.25) is 0 Å². The van der Waals surface area contributed by atoms with E-state index < -0.39 is 0 Å². The number of rotatable bonds is 8. The Morgan fingerprint density at radius 2 is 1.60 bits per heavy atom. The zero-order chi connectivity index (χ0) is 30.2. The van der Waals surface area contributed by atoms with Gasteiger partial charge in [0.05, 0.1) is 11.4 Å². The third-order valence-electron chi connectivity index (χ3n) is 8.36. The fraction of sp³-hybridized carbons (Fsp3) is 0.179. The topological polar surface area (TPSA) is 44.9 Å². The van der Waals surface area contributed by atoms with Gasteiger partial charge in [-0.25, -0.2) is 4.98 Å². The number of nitrogens with zero attached hydrogens (tertiary/aromatic N) is 4. The fourth-order valence-corrected chi connectivity index (χ4v) is 6.03. The van der Waals surface area contributed by atoms with Crippen LogP contribution in [0.3, 0.4) is 0 Å². The number of hydrogen-bond donors (Lipinski definition) is 0. The Balaban J connectivity index is 0.00000357. The van der Waals surface area contributed by atoms with E-state index in [0.717, 1.165) is 57.4 Å². The molecule has 0 saturated heterocycles. The molecule has 1 unspecified atom stereocenters. The molecule has 0 aliphatic heterocycles. The van der Waals surface area contributed by atoms with Crippen molar-refractivity contribution in [1.29, 1.82) is 0 Å². The van der Waals surface area contributed by atoms with Gasteiger partial charge in [-0.2, -0.15) is 17.2 Å². The zero-order valence-electron chi connectivity index (χ0n) is 25.8. The van der Waals surface area contributed by atoms with E-state index in [-0.39, 0.29) is 20.4 Å². The summed E-state index contributed by atoms with van der Waals surface area (Å²) in [6, 6.07) is 40.2. The summed E-state index contributed by atoms with van der Waals surface area (Å²) in [5, 5.41) is 7.38. The van der Waals surface area contributed by atoms with Crippen LogP contribution in [0.5, 0.6) is 11.5 Å². The zero-order valence-corrected chi connectivity index (χ0v) is 27.4. The number of benzene rings is 4. The predicted octanol–water partition coefficient (Wildman–Crippen LogP) is 9.81. The Hall–Kier alpha value is -4.50. The Morgan fingerprint density at radius 1 is 0.822 bits per heavy atom. The summed E-state index contributed by atoms with van der Waals surface area (Å²) in [6.45, 7) is 8.74. The molecule has 7 rings (SSSR count). The quantitative estimate of drug-likeness (QED) is 0.119. The molecule has 0 radical (unpaired) electrons. The molecular formula is C39H34N4OPd. The molecule has 0 saturated carbocycles. The molecule has 0 aliphatic rings. The van der Waals surface area contributed by atoms with E-state index in [1.807, 2.05) is 36.5 Å². The number of aromatic nitrogens is 4. The fourth-order valence-electron chi connectivity index (χ4n) is 6.03. The van der Waals surface area contributed by atoms with E-state index in [4.69, 9.17) is 14.8 Å². The molecule has 0 fully saturated rings. The summed E-state index contributed by atoms with van der Waals surface area (Å²) in [6.07, 6.45) is 3.70. The Kier molecular flexibility index (Phi) is 8.72. The largest absolute Gasteiger partial charge is 2.00 e. The number of hydrogen-bond acceptors (Lipinski definition) is 3. The van der Waals surface area contributed by atoms with Crippen molar-refractivity contribution in [1.82, 2.24) is 19.3 Å². The summed E-state index contributed by atoms with van der Waals surface area (Å²) in [4.78, 5) is 4.69. The molecule has 7 aromatic rings. The van der Waals surface area contributed by atoms with Gasteiger partial charge in [-0.1, -0.05) is 74.8 Å². The van der Waals surface area contributed by atoms with Crippen molar-refractivity contribution in [2.24, 2.45) is 0 Å². The smallest absolute Gasteiger partial charge is 0.509 e. The first-order valence-corrected chi connectivity index (χ1v) is 15.3. The molecule has 4 aromatic carbocycles. The SMILES string of the molecule is CCc1nn(-c2[c-]c(Oc3[c-]c4c(cc3)c3ccccc3n4-c3cc(C)ccn3)ccc2)c(C(C)CC)c1-c1ccccc1.[Pd+2]. The summed E-state index contributed by atoms with van der Waals surface area (Å²) >= 11 is 0. The number of fused-ring (bicyclic) bond motifs is 3. The predicted molar refractivity (Wildman–Crippen MR) is 178 cm³/mol. The van der Waals surface area contributed by atoms with Crippen molar-refractivity contribution in [2.75, 3.05) is 0 Å². The van der Waals surface area contributed by atoms with Crippen molar-refractivity contribution in [3.05, 3.63) is 132 Å². The monoisotopic (exact) mass is 680 g/mol. The summed E-state index contributed by atoms with van der Waals surface area (Å²) in [5.41, 5.74) is 8.71. The first-order chi connectivity index (χ1) is 21.6. The molecule has 3 heterocycles. The minimum absolute atomic E-state index is 0. The maximum absolute atomic E-state index is 6.45. The van der Waals surface area contributed by atoms with Crippen LogP contribution in [0.15, 0.2) is 103 Å². The van der Waals surface area contributed by atoms with Gasteiger partial charge < -0.3 is 9.30 Å². The molecule has 0 N–H and O–H groups in total. The summed E-state index contributed by atoms with van der Waals surface area (Å²) < 4.78 is 10.7.